The van der Waals surface area contributed by atoms with Gasteiger partial charge in [0.15, 0.2) is 11.5 Å². The van der Waals surface area contributed by atoms with Crippen molar-refractivity contribution in [2.24, 2.45) is 5.10 Å². The van der Waals surface area contributed by atoms with Gasteiger partial charge in [-0.05, 0) is 30.5 Å². The molecule has 3 N–H and O–H groups in total. The average Bonchev–Trinajstić information content (AvgIpc) is 3.34. The zero-order valence-corrected chi connectivity index (χ0v) is 14.6. The van der Waals surface area contributed by atoms with Gasteiger partial charge in [-0.2, -0.15) is 9.78 Å². The Balaban J connectivity index is 1.80. The highest BCUT2D eigenvalue weighted by Gasteiger charge is 2.24. The lowest BCUT2D eigenvalue weighted by Gasteiger charge is -2.10. The van der Waals surface area contributed by atoms with E-state index in [0.717, 1.165) is 6.21 Å². The number of hydrazone groups is 1. The Hall–Kier alpha value is -4.14. The van der Waals surface area contributed by atoms with Crippen LogP contribution in [0.5, 0.6) is 0 Å². The van der Waals surface area contributed by atoms with Crippen molar-refractivity contribution in [2.45, 2.75) is 6.54 Å². The van der Waals surface area contributed by atoms with Crippen molar-refractivity contribution in [3.63, 3.8) is 0 Å². The number of aromatic nitrogens is 5. The molecule has 15 nitrogen and oxygen atoms in total. The van der Waals surface area contributed by atoms with Crippen molar-refractivity contribution in [3.8, 4) is 5.82 Å². The Labute approximate surface area is 155 Å². The summed E-state index contributed by atoms with van der Waals surface area (Å²) >= 11 is 0. The van der Waals surface area contributed by atoms with Crippen LogP contribution < -0.4 is 11.2 Å². The molecule has 0 aliphatic rings. The number of carbonyl (C=O) groups excluding carboxylic acids is 1. The van der Waals surface area contributed by atoms with E-state index in [0.29, 0.717) is 5.69 Å². The second-order valence-corrected chi connectivity index (χ2v) is 5.64. The summed E-state index contributed by atoms with van der Waals surface area (Å²) in [6, 6.07) is 2.50. The number of carbonyl (C=O) groups is 1. The van der Waals surface area contributed by atoms with Crippen LogP contribution in [-0.2, 0) is 6.54 Å². The second kappa shape index (κ2) is 7.62. The van der Waals surface area contributed by atoms with Crippen molar-refractivity contribution in [1.82, 2.24) is 35.6 Å². The molecule has 146 valence electrons. The van der Waals surface area contributed by atoms with Gasteiger partial charge in [0.25, 0.3) is 5.91 Å². The summed E-state index contributed by atoms with van der Waals surface area (Å²) < 4.78 is 10.7. The molecule has 0 unspecified atom stereocenters. The predicted octanol–water partition coefficient (Wildman–Crippen LogP) is -0.441. The first-order valence-corrected chi connectivity index (χ1v) is 7.62. The molecule has 28 heavy (non-hydrogen) atoms. The van der Waals surface area contributed by atoms with E-state index < -0.39 is 16.7 Å². The average molecular weight is 390 g/mol. The summed E-state index contributed by atoms with van der Waals surface area (Å²) in [5, 5.41) is 29.1. The van der Waals surface area contributed by atoms with E-state index in [2.05, 4.69) is 35.8 Å². The van der Waals surface area contributed by atoms with Gasteiger partial charge in [0, 0.05) is 6.54 Å². The SMILES string of the molecule is CN(C)Cc1c(C(=O)N/N=C/c2ccc([N+](=O)[O-])o2)nnn1-c1nonc1N. The number of rotatable bonds is 7. The molecule has 3 aromatic rings. The van der Waals surface area contributed by atoms with Crippen LogP contribution in [0.15, 0.2) is 26.3 Å². The largest absolute Gasteiger partial charge is 0.433 e. The smallest absolute Gasteiger partial charge is 0.400 e. The van der Waals surface area contributed by atoms with E-state index in [1.54, 1.807) is 19.0 Å². The number of hydrogen-bond donors (Lipinski definition) is 2. The van der Waals surface area contributed by atoms with Gasteiger partial charge in [0.05, 0.1) is 18.0 Å². The molecule has 0 saturated heterocycles. The molecule has 0 aliphatic heterocycles. The molecule has 3 rings (SSSR count). The maximum Gasteiger partial charge on any atom is 0.433 e. The molecule has 0 aromatic carbocycles. The third-order valence-electron chi connectivity index (χ3n) is 3.29. The molecular formula is C13H14N10O5. The van der Waals surface area contributed by atoms with Crippen LogP contribution in [0.1, 0.15) is 21.9 Å². The Bertz CT molecular complexity index is 1030. The van der Waals surface area contributed by atoms with Gasteiger partial charge in [-0.1, -0.05) is 5.21 Å². The molecule has 0 fully saturated rings. The topological polar surface area (TPSA) is 197 Å². The normalized spacial score (nSPS) is 11.4. The van der Waals surface area contributed by atoms with Crippen LogP contribution in [0.25, 0.3) is 5.82 Å². The molecule has 0 bridgehead atoms. The number of nitrogen functional groups attached to an aromatic ring is 1. The Morgan fingerprint density at radius 1 is 1.46 bits per heavy atom. The fourth-order valence-corrected chi connectivity index (χ4v) is 2.14. The summed E-state index contributed by atoms with van der Waals surface area (Å²) in [6.45, 7) is 0.274. The summed E-state index contributed by atoms with van der Waals surface area (Å²) in [5.74, 6) is -0.951. The van der Waals surface area contributed by atoms with Gasteiger partial charge in [-0.3, -0.25) is 14.9 Å². The summed E-state index contributed by atoms with van der Waals surface area (Å²) in [4.78, 5) is 24.1. The predicted molar refractivity (Wildman–Crippen MR) is 91.4 cm³/mol. The van der Waals surface area contributed by atoms with Crippen LogP contribution >= 0.6 is 0 Å². The maximum atomic E-state index is 12.4. The van der Waals surface area contributed by atoms with Crippen molar-refractivity contribution >= 4 is 23.8 Å². The summed E-state index contributed by atoms with van der Waals surface area (Å²) in [5.41, 5.74) is 8.26. The van der Waals surface area contributed by atoms with E-state index in [-0.39, 0.29) is 29.6 Å². The van der Waals surface area contributed by atoms with E-state index in [1.807, 2.05) is 0 Å². The van der Waals surface area contributed by atoms with E-state index in [4.69, 9.17) is 10.2 Å². The third kappa shape index (κ3) is 3.83. The number of nitrogens with one attached hydrogen (secondary N) is 1. The molecule has 15 heteroatoms. The van der Waals surface area contributed by atoms with Gasteiger partial charge >= 0.3 is 5.88 Å². The summed E-state index contributed by atoms with van der Waals surface area (Å²) in [7, 11) is 3.57. The molecule has 0 aliphatic carbocycles. The van der Waals surface area contributed by atoms with Crippen molar-refractivity contribution in [2.75, 3.05) is 19.8 Å². The molecule has 0 radical (unpaired) electrons. The number of amides is 1. The van der Waals surface area contributed by atoms with E-state index in [9.17, 15) is 14.9 Å². The standard InChI is InChI=1S/C13H14N10O5/c1-21(2)6-8-10(16-20-22(8)12-11(14)18-28-19-12)13(24)17-15-5-7-3-4-9(27-7)23(25)26/h3-5H,6H2,1-2H3,(H2,14,18)(H,17,24)/b15-5+. The number of nitrogens with two attached hydrogens (primary N) is 1. The lowest BCUT2D eigenvalue weighted by Crippen LogP contribution is -2.23. The first kappa shape index (κ1) is 18.6. The van der Waals surface area contributed by atoms with Crippen LogP contribution in [-0.4, -0.2) is 61.3 Å². The first-order chi connectivity index (χ1) is 13.4. The third-order valence-corrected chi connectivity index (χ3v) is 3.29. The Morgan fingerprint density at radius 2 is 2.25 bits per heavy atom. The number of nitro groups is 1. The van der Waals surface area contributed by atoms with Gasteiger partial charge in [0.2, 0.25) is 11.6 Å². The fourth-order valence-electron chi connectivity index (χ4n) is 2.14. The zero-order chi connectivity index (χ0) is 20.3. The highest BCUT2D eigenvalue weighted by Crippen LogP contribution is 2.17. The summed E-state index contributed by atoms with van der Waals surface area (Å²) in [6.07, 6.45) is 1.11. The monoisotopic (exact) mass is 390 g/mol. The van der Waals surface area contributed by atoms with Gasteiger partial charge in [-0.15, -0.1) is 5.10 Å². The number of hydrogen-bond acceptors (Lipinski definition) is 12. The Kier molecular flexibility index (Phi) is 5.07. The van der Waals surface area contributed by atoms with Gasteiger partial charge in [0.1, 0.15) is 4.92 Å². The lowest BCUT2D eigenvalue weighted by molar-refractivity contribution is -0.402. The van der Waals surface area contributed by atoms with Crippen LogP contribution in [0.2, 0.25) is 0 Å². The van der Waals surface area contributed by atoms with Crippen LogP contribution in [0.4, 0.5) is 11.7 Å². The molecule has 3 heterocycles. The number of furan rings is 1. The molecule has 0 spiro atoms. The van der Waals surface area contributed by atoms with Crippen molar-refractivity contribution in [3.05, 3.63) is 39.4 Å². The first-order valence-electron chi connectivity index (χ1n) is 7.62. The minimum atomic E-state index is -0.688. The van der Waals surface area contributed by atoms with E-state index in [1.165, 1.54) is 16.8 Å². The maximum absolute atomic E-state index is 12.4. The minimum Gasteiger partial charge on any atom is -0.400 e. The molecule has 3 aromatic heterocycles. The van der Waals surface area contributed by atoms with Crippen LogP contribution in [0.3, 0.4) is 0 Å². The highest BCUT2D eigenvalue weighted by molar-refractivity contribution is 5.94. The van der Waals surface area contributed by atoms with Crippen molar-refractivity contribution < 1.29 is 18.8 Å². The number of nitrogens with zero attached hydrogens (tertiary/aromatic N) is 8. The van der Waals surface area contributed by atoms with E-state index >= 15 is 0 Å². The Morgan fingerprint density at radius 3 is 2.86 bits per heavy atom. The molecule has 1 amide bonds. The highest BCUT2D eigenvalue weighted by atomic mass is 16.6. The molecule has 0 saturated carbocycles. The number of anilines is 1. The fraction of sp³-hybridized carbons (Fsp3) is 0.231. The van der Waals surface area contributed by atoms with Gasteiger partial charge in [-0.25, -0.2) is 10.1 Å². The van der Waals surface area contributed by atoms with Crippen LogP contribution in [0, 0.1) is 10.1 Å². The quantitative estimate of drug-likeness (QED) is 0.301. The van der Waals surface area contributed by atoms with Crippen molar-refractivity contribution in [1.29, 1.82) is 0 Å². The van der Waals surface area contributed by atoms with Gasteiger partial charge < -0.3 is 15.1 Å². The lowest BCUT2D eigenvalue weighted by atomic mass is 10.3. The minimum absolute atomic E-state index is 0.0192. The second-order valence-electron chi connectivity index (χ2n) is 5.64. The molecule has 0 atom stereocenters. The zero-order valence-electron chi connectivity index (χ0n) is 14.6. The molecular weight excluding hydrogens is 376 g/mol.